The Kier molecular flexibility index (Phi) is 10.4. The van der Waals surface area contributed by atoms with E-state index in [1.54, 1.807) is 0 Å². The van der Waals surface area contributed by atoms with Crippen LogP contribution in [0.25, 0.3) is 0 Å². The summed E-state index contributed by atoms with van der Waals surface area (Å²) < 4.78 is 4.55. The third-order valence-electron chi connectivity index (χ3n) is 2.93. The van der Waals surface area contributed by atoms with Crippen molar-refractivity contribution in [3.8, 4) is 0 Å². The fourth-order valence-corrected chi connectivity index (χ4v) is 1.82. The maximum atomic E-state index is 11.4. The number of hydrogen-bond acceptors (Lipinski definition) is 4. The van der Waals surface area contributed by atoms with Gasteiger partial charge in [0.15, 0.2) is 6.61 Å². The maximum Gasteiger partial charge on any atom is 0.303 e. The molecule has 1 atom stereocenters. The van der Waals surface area contributed by atoms with Crippen LogP contribution in [0.4, 0.5) is 0 Å². The maximum absolute atomic E-state index is 11.4. The molecule has 6 heteroatoms. The summed E-state index contributed by atoms with van der Waals surface area (Å²) in [6.07, 6.45) is 7.10. The average molecular weight is 286 g/mol. The van der Waals surface area contributed by atoms with Crippen molar-refractivity contribution < 1.29 is 19.1 Å². The first-order chi connectivity index (χ1) is 9.47. The summed E-state index contributed by atoms with van der Waals surface area (Å²) in [6.45, 7) is 2.99. The van der Waals surface area contributed by atoms with Crippen LogP contribution in [0, 0.1) is 0 Å². The highest BCUT2D eigenvalue weighted by molar-refractivity contribution is 5.87. The number of nitrogens with two attached hydrogens (primary N) is 1. The van der Waals surface area contributed by atoms with Crippen LogP contribution in [0.15, 0.2) is 0 Å². The van der Waals surface area contributed by atoms with Crippen LogP contribution in [0.5, 0.6) is 0 Å². The average Bonchev–Trinajstić information content (AvgIpc) is 2.38. The summed E-state index contributed by atoms with van der Waals surface area (Å²) in [7, 11) is 0. The van der Waals surface area contributed by atoms with Gasteiger partial charge in [-0.2, -0.15) is 0 Å². The van der Waals surface area contributed by atoms with Gasteiger partial charge < -0.3 is 15.8 Å². The highest BCUT2D eigenvalue weighted by Crippen LogP contribution is 2.08. The highest BCUT2D eigenvalue weighted by Gasteiger charge is 2.17. The second-order valence-electron chi connectivity index (χ2n) is 4.86. The quantitative estimate of drug-likeness (QED) is 0.441. The Morgan fingerprint density at radius 3 is 2.25 bits per heavy atom. The first kappa shape index (κ1) is 18.4. The standard InChI is InChI=1S/C14H26N2O4/c1-3-4-5-6-7-8-9-12(14(15)19)16-13(18)10-20-11(2)17/h12H,3-10H2,1-2H3,(H2,15,19)(H,16,18)/t12-/m0/s1. The number of ether oxygens (including phenoxy) is 1. The molecule has 0 aliphatic heterocycles. The third-order valence-corrected chi connectivity index (χ3v) is 2.93. The van der Waals surface area contributed by atoms with Gasteiger partial charge in [-0.1, -0.05) is 45.4 Å². The number of esters is 1. The topological polar surface area (TPSA) is 98.5 Å². The number of primary amides is 1. The molecule has 0 saturated heterocycles. The van der Waals surface area contributed by atoms with Crippen LogP contribution in [0.2, 0.25) is 0 Å². The number of rotatable bonds is 11. The first-order valence-corrected chi connectivity index (χ1v) is 7.19. The summed E-state index contributed by atoms with van der Waals surface area (Å²) in [4.78, 5) is 33.3. The largest absolute Gasteiger partial charge is 0.456 e. The van der Waals surface area contributed by atoms with E-state index < -0.39 is 23.8 Å². The summed E-state index contributed by atoms with van der Waals surface area (Å²) in [6, 6.07) is -0.691. The van der Waals surface area contributed by atoms with Gasteiger partial charge in [-0.3, -0.25) is 14.4 Å². The number of carbonyl (C=O) groups excluding carboxylic acids is 3. The molecule has 2 amide bonds. The molecule has 0 radical (unpaired) electrons. The highest BCUT2D eigenvalue weighted by atomic mass is 16.5. The Labute approximate surface area is 120 Å². The lowest BCUT2D eigenvalue weighted by Crippen LogP contribution is -2.45. The molecule has 3 N–H and O–H groups in total. The lowest BCUT2D eigenvalue weighted by atomic mass is 10.1. The molecule has 0 fully saturated rings. The number of amides is 2. The van der Waals surface area contributed by atoms with Gasteiger partial charge in [0, 0.05) is 6.92 Å². The molecule has 0 spiro atoms. The molecule has 0 saturated carbocycles. The van der Waals surface area contributed by atoms with E-state index in [2.05, 4.69) is 17.0 Å². The lowest BCUT2D eigenvalue weighted by Gasteiger charge is -2.15. The Hall–Kier alpha value is -1.59. The van der Waals surface area contributed by atoms with E-state index in [1.807, 2.05) is 0 Å². The molecule has 0 unspecified atom stereocenters. The molecule has 0 heterocycles. The fourth-order valence-electron chi connectivity index (χ4n) is 1.82. The minimum atomic E-state index is -0.691. The lowest BCUT2D eigenvalue weighted by molar-refractivity contribution is -0.146. The normalized spacial score (nSPS) is 11.7. The van der Waals surface area contributed by atoms with Crippen LogP contribution >= 0.6 is 0 Å². The van der Waals surface area contributed by atoms with Crippen molar-refractivity contribution in [2.24, 2.45) is 5.73 Å². The number of carbonyl (C=O) groups is 3. The van der Waals surface area contributed by atoms with Crippen LogP contribution in [0.3, 0.4) is 0 Å². The zero-order valence-electron chi connectivity index (χ0n) is 12.4. The summed E-state index contributed by atoms with van der Waals surface area (Å²) in [5.74, 6) is -1.60. The van der Waals surface area contributed by atoms with E-state index in [0.717, 1.165) is 19.3 Å². The van der Waals surface area contributed by atoms with Crippen LogP contribution < -0.4 is 11.1 Å². The van der Waals surface area contributed by atoms with E-state index in [-0.39, 0.29) is 6.61 Å². The van der Waals surface area contributed by atoms with Crippen LogP contribution in [0.1, 0.15) is 58.8 Å². The van der Waals surface area contributed by atoms with Gasteiger partial charge in [0.2, 0.25) is 5.91 Å². The van der Waals surface area contributed by atoms with Gasteiger partial charge >= 0.3 is 5.97 Å². The molecular weight excluding hydrogens is 260 g/mol. The molecule has 0 bridgehead atoms. The van der Waals surface area contributed by atoms with Crippen molar-refractivity contribution in [1.82, 2.24) is 5.32 Å². The van der Waals surface area contributed by atoms with E-state index in [0.29, 0.717) is 6.42 Å². The molecular formula is C14H26N2O4. The Morgan fingerprint density at radius 2 is 1.70 bits per heavy atom. The fraction of sp³-hybridized carbons (Fsp3) is 0.786. The Balaban J connectivity index is 3.89. The van der Waals surface area contributed by atoms with Crippen molar-refractivity contribution in [2.75, 3.05) is 6.61 Å². The predicted octanol–water partition coefficient (Wildman–Crippen LogP) is 1.27. The minimum absolute atomic E-state index is 0.379. The van der Waals surface area contributed by atoms with Crippen LogP contribution in [-0.2, 0) is 19.1 Å². The Morgan fingerprint density at radius 1 is 1.10 bits per heavy atom. The van der Waals surface area contributed by atoms with E-state index in [4.69, 9.17) is 5.73 Å². The van der Waals surface area contributed by atoms with Gasteiger partial charge in [-0.05, 0) is 6.42 Å². The van der Waals surface area contributed by atoms with Crippen molar-refractivity contribution in [3.05, 3.63) is 0 Å². The van der Waals surface area contributed by atoms with Crippen LogP contribution in [-0.4, -0.2) is 30.4 Å². The molecule has 0 aromatic rings. The summed E-state index contributed by atoms with van der Waals surface area (Å²) in [5, 5.41) is 2.48. The van der Waals surface area contributed by atoms with Crippen molar-refractivity contribution in [3.63, 3.8) is 0 Å². The first-order valence-electron chi connectivity index (χ1n) is 7.19. The number of hydrogen-bond donors (Lipinski definition) is 2. The zero-order chi connectivity index (χ0) is 15.4. The van der Waals surface area contributed by atoms with Gasteiger partial charge in [0.05, 0.1) is 0 Å². The molecule has 0 aromatic carbocycles. The predicted molar refractivity (Wildman–Crippen MR) is 75.8 cm³/mol. The van der Waals surface area contributed by atoms with E-state index in [1.165, 1.54) is 26.2 Å². The second-order valence-corrected chi connectivity index (χ2v) is 4.86. The zero-order valence-corrected chi connectivity index (χ0v) is 12.4. The van der Waals surface area contributed by atoms with E-state index >= 15 is 0 Å². The van der Waals surface area contributed by atoms with Crippen molar-refractivity contribution >= 4 is 17.8 Å². The summed E-state index contributed by atoms with van der Waals surface area (Å²) >= 11 is 0. The summed E-state index contributed by atoms with van der Waals surface area (Å²) in [5.41, 5.74) is 5.24. The number of unbranched alkanes of at least 4 members (excludes halogenated alkanes) is 5. The number of nitrogens with one attached hydrogen (secondary N) is 1. The van der Waals surface area contributed by atoms with E-state index in [9.17, 15) is 14.4 Å². The molecule has 6 nitrogen and oxygen atoms in total. The molecule has 0 aliphatic carbocycles. The Bertz CT molecular complexity index is 318. The molecule has 20 heavy (non-hydrogen) atoms. The van der Waals surface area contributed by atoms with Gasteiger partial charge in [0.25, 0.3) is 5.91 Å². The SMILES string of the molecule is CCCCCCCC[C@H](NC(=O)COC(C)=O)C(N)=O. The van der Waals surface area contributed by atoms with Gasteiger partial charge in [-0.25, -0.2) is 0 Å². The molecule has 0 aliphatic rings. The second kappa shape index (κ2) is 11.3. The molecule has 0 rings (SSSR count). The smallest absolute Gasteiger partial charge is 0.303 e. The minimum Gasteiger partial charge on any atom is -0.456 e. The van der Waals surface area contributed by atoms with Gasteiger partial charge in [0.1, 0.15) is 6.04 Å². The molecule has 0 aromatic heterocycles. The monoisotopic (exact) mass is 286 g/mol. The van der Waals surface area contributed by atoms with Gasteiger partial charge in [-0.15, -0.1) is 0 Å². The third kappa shape index (κ3) is 10.3. The van der Waals surface area contributed by atoms with Crippen molar-refractivity contribution in [2.45, 2.75) is 64.8 Å². The van der Waals surface area contributed by atoms with Crippen molar-refractivity contribution in [1.29, 1.82) is 0 Å². The molecule has 116 valence electrons.